The van der Waals surface area contributed by atoms with Crippen molar-refractivity contribution in [2.75, 3.05) is 6.54 Å². The summed E-state index contributed by atoms with van der Waals surface area (Å²) in [5.41, 5.74) is 6.04. The summed E-state index contributed by atoms with van der Waals surface area (Å²) in [7, 11) is 0. The van der Waals surface area contributed by atoms with E-state index >= 15 is 0 Å². The van der Waals surface area contributed by atoms with E-state index in [0.717, 1.165) is 53.9 Å². The van der Waals surface area contributed by atoms with Gasteiger partial charge in [-0.15, -0.1) is 22.6 Å². The Bertz CT molecular complexity index is 1140. The number of aromatic nitrogens is 7. The van der Waals surface area contributed by atoms with Crippen LogP contribution >= 0.6 is 12.4 Å². The van der Waals surface area contributed by atoms with Crippen LogP contribution in [0.2, 0.25) is 0 Å². The summed E-state index contributed by atoms with van der Waals surface area (Å²) >= 11 is 0. The minimum Gasteiger partial charge on any atom is -0.311 e. The predicted octanol–water partition coefficient (Wildman–Crippen LogP) is 3.00. The van der Waals surface area contributed by atoms with Gasteiger partial charge in [-0.2, -0.15) is 9.90 Å². The second-order valence-electron chi connectivity index (χ2n) is 7.13. The van der Waals surface area contributed by atoms with Gasteiger partial charge in [-0.1, -0.05) is 12.1 Å². The van der Waals surface area contributed by atoms with E-state index < -0.39 is 0 Å². The Hall–Kier alpha value is -2.84. The van der Waals surface area contributed by atoms with Gasteiger partial charge in [0.1, 0.15) is 5.69 Å². The molecular formula is C20H23ClN8. The van der Waals surface area contributed by atoms with E-state index in [-0.39, 0.29) is 12.4 Å². The van der Waals surface area contributed by atoms with E-state index in [4.69, 9.17) is 10.1 Å². The molecule has 3 aromatic heterocycles. The van der Waals surface area contributed by atoms with Crippen LogP contribution in [-0.4, -0.2) is 41.5 Å². The molecule has 0 unspecified atom stereocenters. The minimum atomic E-state index is 0. The van der Waals surface area contributed by atoms with Crippen molar-refractivity contribution in [3.05, 3.63) is 41.6 Å². The van der Waals surface area contributed by atoms with Crippen LogP contribution < -0.4 is 5.32 Å². The predicted molar refractivity (Wildman–Crippen MR) is 114 cm³/mol. The Morgan fingerprint density at radius 1 is 1.10 bits per heavy atom. The molecule has 4 aromatic rings. The van der Waals surface area contributed by atoms with Crippen molar-refractivity contribution in [2.45, 2.75) is 39.9 Å². The number of hydrogen-bond acceptors (Lipinski definition) is 6. The Labute approximate surface area is 174 Å². The van der Waals surface area contributed by atoms with Crippen molar-refractivity contribution in [2.24, 2.45) is 0 Å². The van der Waals surface area contributed by atoms with Gasteiger partial charge in [0.2, 0.25) is 5.82 Å². The lowest BCUT2D eigenvalue weighted by molar-refractivity contribution is 0.553. The number of benzene rings is 1. The van der Waals surface area contributed by atoms with Crippen LogP contribution in [0.3, 0.4) is 0 Å². The average molecular weight is 411 g/mol. The van der Waals surface area contributed by atoms with Crippen molar-refractivity contribution >= 4 is 23.3 Å². The average Bonchev–Trinajstić information content (AvgIpc) is 3.30. The van der Waals surface area contributed by atoms with Crippen molar-refractivity contribution in [1.29, 1.82) is 0 Å². The number of halogens is 1. The Morgan fingerprint density at radius 2 is 2.00 bits per heavy atom. The van der Waals surface area contributed by atoms with Gasteiger partial charge < -0.3 is 5.32 Å². The fourth-order valence-corrected chi connectivity index (χ4v) is 3.65. The number of hydrogen-bond donors (Lipinski definition) is 1. The van der Waals surface area contributed by atoms with Crippen LogP contribution in [0.1, 0.15) is 24.6 Å². The SMILES string of the molecule is CCn1nnc(-c2ccc3c(C)cc(-c4cc5n(n4)CCCNC5)nc3c2)n1.Cl. The number of fused-ring (bicyclic) bond motifs is 2. The molecule has 0 aliphatic carbocycles. The normalized spacial score (nSPS) is 13.7. The topological polar surface area (TPSA) is 86.3 Å². The number of rotatable bonds is 3. The minimum absolute atomic E-state index is 0. The second kappa shape index (κ2) is 7.88. The van der Waals surface area contributed by atoms with Gasteiger partial charge in [0.25, 0.3) is 0 Å². The van der Waals surface area contributed by atoms with Gasteiger partial charge in [-0.3, -0.25) is 4.68 Å². The molecule has 1 aliphatic heterocycles. The molecule has 4 heterocycles. The molecule has 1 aliphatic rings. The fraction of sp³-hybridized carbons (Fsp3) is 0.350. The number of nitrogens with zero attached hydrogens (tertiary/aromatic N) is 7. The van der Waals surface area contributed by atoms with Gasteiger partial charge in [0.05, 0.1) is 23.4 Å². The molecule has 9 heteroatoms. The van der Waals surface area contributed by atoms with Gasteiger partial charge in [0.15, 0.2) is 0 Å². The first kappa shape index (κ1) is 19.5. The molecule has 0 saturated heterocycles. The van der Waals surface area contributed by atoms with Gasteiger partial charge in [0, 0.05) is 24.0 Å². The summed E-state index contributed by atoms with van der Waals surface area (Å²) < 4.78 is 2.10. The summed E-state index contributed by atoms with van der Waals surface area (Å²) in [6.07, 6.45) is 1.09. The monoisotopic (exact) mass is 410 g/mol. The smallest absolute Gasteiger partial charge is 0.204 e. The molecular weight excluding hydrogens is 388 g/mol. The zero-order valence-electron chi connectivity index (χ0n) is 16.5. The highest BCUT2D eigenvalue weighted by molar-refractivity contribution is 5.87. The third-order valence-electron chi connectivity index (χ3n) is 5.17. The first-order valence-corrected chi connectivity index (χ1v) is 9.68. The highest BCUT2D eigenvalue weighted by Gasteiger charge is 2.15. The standard InChI is InChI=1S/C20H22N8.ClH/c1-3-28-25-20(23-26-28)14-5-6-16-13(2)9-18(22-17(16)10-14)19-11-15-12-21-7-4-8-27(15)24-19;/h5-6,9-11,21H,3-4,7-8,12H2,1-2H3;1H. The molecule has 0 fully saturated rings. The maximum atomic E-state index is 4.91. The lowest BCUT2D eigenvalue weighted by Gasteiger charge is -2.06. The van der Waals surface area contributed by atoms with Crippen LogP contribution in [0.15, 0.2) is 30.3 Å². The molecule has 0 amide bonds. The third kappa shape index (κ3) is 3.61. The van der Waals surface area contributed by atoms with Gasteiger partial charge in [-0.25, -0.2) is 4.98 Å². The summed E-state index contributed by atoms with van der Waals surface area (Å²) in [5.74, 6) is 0.619. The molecule has 1 N–H and O–H groups in total. The first-order valence-electron chi connectivity index (χ1n) is 9.68. The quantitative estimate of drug-likeness (QED) is 0.558. The zero-order chi connectivity index (χ0) is 19.1. The largest absolute Gasteiger partial charge is 0.311 e. The van der Waals surface area contributed by atoms with E-state index in [1.807, 2.05) is 19.1 Å². The molecule has 8 nitrogen and oxygen atoms in total. The van der Waals surface area contributed by atoms with Gasteiger partial charge in [-0.05, 0) is 55.8 Å². The van der Waals surface area contributed by atoms with Crippen LogP contribution in [0, 0.1) is 6.92 Å². The van der Waals surface area contributed by atoms with Crippen LogP contribution in [0.25, 0.3) is 33.7 Å². The molecule has 0 saturated carbocycles. The number of tetrazole rings is 1. The van der Waals surface area contributed by atoms with Crippen molar-refractivity contribution in [1.82, 2.24) is 40.3 Å². The summed E-state index contributed by atoms with van der Waals surface area (Å²) in [5, 5.41) is 22.0. The second-order valence-corrected chi connectivity index (χ2v) is 7.13. The maximum Gasteiger partial charge on any atom is 0.204 e. The molecule has 150 valence electrons. The fourth-order valence-electron chi connectivity index (χ4n) is 3.65. The third-order valence-corrected chi connectivity index (χ3v) is 5.17. The highest BCUT2D eigenvalue weighted by atomic mass is 35.5. The van der Waals surface area contributed by atoms with E-state index in [2.05, 4.69) is 50.5 Å². The van der Waals surface area contributed by atoms with Crippen LogP contribution in [-0.2, 0) is 19.6 Å². The lowest BCUT2D eigenvalue weighted by atomic mass is 10.1. The first-order chi connectivity index (χ1) is 13.7. The van der Waals surface area contributed by atoms with E-state index in [1.54, 1.807) is 4.80 Å². The molecule has 5 rings (SSSR count). The Balaban J connectivity index is 0.00000205. The molecule has 29 heavy (non-hydrogen) atoms. The summed E-state index contributed by atoms with van der Waals surface area (Å²) in [6, 6.07) is 10.4. The van der Waals surface area contributed by atoms with Crippen molar-refractivity contribution in [3.63, 3.8) is 0 Å². The number of nitrogens with one attached hydrogen (secondary N) is 1. The molecule has 0 atom stereocenters. The van der Waals surface area contributed by atoms with E-state index in [9.17, 15) is 0 Å². The summed E-state index contributed by atoms with van der Waals surface area (Å²) in [6.45, 7) is 7.63. The van der Waals surface area contributed by atoms with E-state index in [1.165, 1.54) is 11.3 Å². The number of pyridine rings is 1. The lowest BCUT2D eigenvalue weighted by Crippen LogP contribution is -2.11. The van der Waals surface area contributed by atoms with Crippen LogP contribution in [0.4, 0.5) is 0 Å². The maximum absolute atomic E-state index is 4.91. The molecule has 0 spiro atoms. The van der Waals surface area contributed by atoms with E-state index in [0.29, 0.717) is 12.4 Å². The highest BCUT2D eigenvalue weighted by Crippen LogP contribution is 2.27. The number of aryl methyl sites for hydroxylation is 3. The molecule has 1 aromatic carbocycles. The Kier molecular flexibility index (Phi) is 5.29. The zero-order valence-corrected chi connectivity index (χ0v) is 17.3. The molecule has 0 bridgehead atoms. The molecule has 0 radical (unpaired) electrons. The Morgan fingerprint density at radius 3 is 2.83 bits per heavy atom. The van der Waals surface area contributed by atoms with Gasteiger partial charge >= 0.3 is 0 Å². The van der Waals surface area contributed by atoms with Crippen molar-refractivity contribution < 1.29 is 0 Å². The van der Waals surface area contributed by atoms with Crippen molar-refractivity contribution in [3.8, 4) is 22.8 Å². The summed E-state index contributed by atoms with van der Waals surface area (Å²) in [4.78, 5) is 6.49. The van der Waals surface area contributed by atoms with Crippen LogP contribution in [0.5, 0.6) is 0 Å².